The Morgan fingerprint density at radius 3 is 2.04 bits per heavy atom. The van der Waals surface area contributed by atoms with Crippen molar-refractivity contribution in [3.8, 4) is 16.3 Å². The molecule has 0 fully saturated rings. The molecule has 0 aliphatic heterocycles. The number of hydrogen-bond donors (Lipinski definition) is 1. The monoisotopic (exact) mass is 344 g/mol. The summed E-state index contributed by atoms with van der Waals surface area (Å²) < 4.78 is 1.94. The maximum atomic E-state index is 4.68. The van der Waals surface area contributed by atoms with Crippen molar-refractivity contribution in [2.75, 3.05) is 5.43 Å². The quantitative estimate of drug-likeness (QED) is 0.454. The molecule has 3 aromatic carbocycles. The molecule has 5 heteroatoms. The lowest BCUT2D eigenvalue weighted by molar-refractivity contribution is -0.650. The first-order valence-corrected chi connectivity index (χ1v) is 8.77. The normalized spacial score (nSPS) is 11.4. The second-order valence-corrected chi connectivity index (χ2v) is 6.35. The van der Waals surface area contributed by atoms with Gasteiger partial charge in [0.05, 0.1) is 10.4 Å². The molecule has 4 nitrogen and oxygen atoms in total. The van der Waals surface area contributed by atoms with E-state index in [2.05, 4.69) is 27.8 Å². The number of nitrogens with one attached hydrogen (secondary N) is 1. The van der Waals surface area contributed by atoms with E-state index in [1.165, 1.54) is 0 Å². The van der Waals surface area contributed by atoms with Crippen LogP contribution in [0.5, 0.6) is 0 Å². The molecule has 0 atom stereocenters. The van der Waals surface area contributed by atoms with Crippen LogP contribution < -0.4 is 20.0 Å². The highest BCUT2D eigenvalue weighted by Crippen LogP contribution is 2.18. The molecular formula is C20H16N4S. The second-order valence-electron chi connectivity index (χ2n) is 5.39. The van der Waals surface area contributed by atoms with E-state index < -0.39 is 0 Å². The first-order chi connectivity index (χ1) is 12.4. The van der Waals surface area contributed by atoms with Gasteiger partial charge in [0.1, 0.15) is 0 Å². The highest BCUT2D eigenvalue weighted by molar-refractivity contribution is 7.11. The first-order valence-electron chi connectivity index (χ1n) is 7.96. The van der Waals surface area contributed by atoms with Crippen molar-refractivity contribution in [3.63, 3.8) is 0 Å². The minimum atomic E-state index is 0.673. The molecule has 0 amide bonds. The van der Waals surface area contributed by atoms with E-state index >= 15 is 0 Å². The Hall–Kier alpha value is -3.18. The average molecular weight is 344 g/mol. The van der Waals surface area contributed by atoms with Crippen molar-refractivity contribution in [1.29, 1.82) is 0 Å². The maximum absolute atomic E-state index is 4.68. The maximum Gasteiger partial charge on any atom is 0.282 e. The van der Waals surface area contributed by atoms with Crippen LogP contribution in [0.15, 0.2) is 96.1 Å². The fraction of sp³-hybridized carbons (Fsp3) is 0. The van der Waals surface area contributed by atoms with E-state index in [1.54, 1.807) is 11.3 Å². The average Bonchev–Trinajstić information content (AvgIpc) is 3.13. The predicted molar refractivity (Wildman–Crippen MR) is 100 cm³/mol. The molecule has 0 aliphatic rings. The zero-order valence-electron chi connectivity index (χ0n) is 13.4. The fourth-order valence-corrected chi connectivity index (χ4v) is 3.33. The van der Waals surface area contributed by atoms with Crippen LogP contribution in [0.2, 0.25) is 0 Å². The Labute approximate surface area is 149 Å². The summed E-state index contributed by atoms with van der Waals surface area (Å²) in [6.45, 7) is 0. The smallest absolute Gasteiger partial charge is 0.282 e. The van der Waals surface area contributed by atoms with Crippen molar-refractivity contribution in [2.24, 2.45) is 5.10 Å². The van der Waals surface area contributed by atoms with Gasteiger partial charge in [-0.25, -0.2) is 0 Å². The molecule has 4 rings (SSSR count). The molecule has 0 saturated heterocycles. The molecule has 1 heterocycles. The lowest BCUT2D eigenvalue weighted by Crippen LogP contribution is -2.39. The Kier molecular flexibility index (Phi) is 4.39. The van der Waals surface area contributed by atoms with Crippen LogP contribution in [0.4, 0.5) is 5.69 Å². The molecule has 1 aromatic heterocycles. The van der Waals surface area contributed by atoms with E-state index in [1.807, 2.05) is 83.5 Å². The third kappa shape index (κ3) is 3.51. The minimum absolute atomic E-state index is 0.673. The summed E-state index contributed by atoms with van der Waals surface area (Å²) in [5, 5.41) is 10.2. The highest BCUT2D eigenvalue weighted by Gasteiger charge is 2.16. The summed E-state index contributed by atoms with van der Waals surface area (Å²) in [4.78, 5) is 0.673. The van der Waals surface area contributed by atoms with Crippen molar-refractivity contribution in [2.45, 2.75) is 0 Å². The fourth-order valence-electron chi connectivity index (χ4n) is 2.46. The number of anilines is 1. The van der Waals surface area contributed by atoms with Crippen LogP contribution in [0.3, 0.4) is 0 Å². The van der Waals surface area contributed by atoms with Crippen LogP contribution in [0, 0.1) is 0 Å². The van der Waals surface area contributed by atoms with Gasteiger partial charge in [0.2, 0.25) is 5.69 Å². The topological polar surface area (TPSA) is 42.4 Å². The Morgan fingerprint density at radius 2 is 1.36 bits per heavy atom. The van der Waals surface area contributed by atoms with Gasteiger partial charge in [-0.05, 0) is 24.3 Å². The molecule has 0 saturated carbocycles. The standard InChI is InChI=1S/C20H16N4S/c1-4-10-16(11-5-1)19-24(18-14-8-3-9-15-18)23-20(25-19)22-21-17-12-6-2-7-13-17/h1-15,21H/b22-20+. The molecule has 25 heavy (non-hydrogen) atoms. The first kappa shape index (κ1) is 15.4. The highest BCUT2D eigenvalue weighted by atomic mass is 32.1. The number of nitrogens with zero attached hydrogens (tertiary/aromatic N) is 3. The lowest BCUT2D eigenvalue weighted by Gasteiger charge is -2.02. The SMILES string of the molecule is c1ccc(N/N=c2\[n-][n+](-c3ccccc3)c(-c3ccccc3)s2)cc1. The summed E-state index contributed by atoms with van der Waals surface area (Å²) in [5.41, 5.74) is 6.13. The minimum Gasteiger partial charge on any atom is -0.367 e. The van der Waals surface area contributed by atoms with E-state index in [0.29, 0.717) is 4.80 Å². The Balaban J connectivity index is 1.78. The van der Waals surface area contributed by atoms with Crippen molar-refractivity contribution < 1.29 is 4.68 Å². The molecular weight excluding hydrogens is 328 g/mol. The van der Waals surface area contributed by atoms with Crippen LogP contribution in [-0.4, -0.2) is 0 Å². The van der Waals surface area contributed by atoms with Gasteiger partial charge in [-0.2, -0.15) is 5.10 Å². The third-order valence-corrected chi connectivity index (χ3v) is 4.60. The number of hydrogen-bond acceptors (Lipinski definition) is 3. The number of para-hydroxylation sites is 2. The lowest BCUT2D eigenvalue weighted by atomic mass is 10.2. The van der Waals surface area contributed by atoms with Gasteiger partial charge in [-0.3, -0.25) is 0 Å². The number of rotatable bonds is 4. The number of aromatic nitrogens is 2. The van der Waals surface area contributed by atoms with Gasteiger partial charge < -0.3 is 10.5 Å². The van der Waals surface area contributed by atoms with Crippen molar-refractivity contribution in [1.82, 2.24) is 5.10 Å². The van der Waals surface area contributed by atoms with Gasteiger partial charge in [-0.1, -0.05) is 65.9 Å². The molecule has 0 spiro atoms. The predicted octanol–water partition coefficient (Wildman–Crippen LogP) is 3.58. The molecule has 4 aromatic rings. The zero-order valence-corrected chi connectivity index (χ0v) is 14.2. The number of benzene rings is 3. The van der Waals surface area contributed by atoms with Crippen LogP contribution >= 0.6 is 11.3 Å². The van der Waals surface area contributed by atoms with Gasteiger partial charge in [0.15, 0.2) is 0 Å². The van der Waals surface area contributed by atoms with Gasteiger partial charge >= 0.3 is 0 Å². The Bertz CT molecular complexity index is 946. The third-order valence-electron chi connectivity index (χ3n) is 3.64. The van der Waals surface area contributed by atoms with Crippen molar-refractivity contribution >= 4 is 17.0 Å². The van der Waals surface area contributed by atoms with Gasteiger partial charge in [0.25, 0.3) is 5.01 Å². The van der Waals surface area contributed by atoms with Crippen molar-refractivity contribution in [3.05, 3.63) is 95.8 Å². The van der Waals surface area contributed by atoms with Gasteiger partial charge in [0, 0.05) is 17.8 Å². The molecule has 0 radical (unpaired) electrons. The van der Waals surface area contributed by atoms with E-state index in [4.69, 9.17) is 0 Å². The molecule has 0 bridgehead atoms. The molecule has 122 valence electrons. The van der Waals surface area contributed by atoms with Crippen LogP contribution in [-0.2, 0) is 0 Å². The molecule has 0 aliphatic carbocycles. The largest absolute Gasteiger partial charge is 0.367 e. The van der Waals surface area contributed by atoms with E-state index in [0.717, 1.165) is 21.9 Å². The van der Waals surface area contributed by atoms with Crippen LogP contribution in [0.25, 0.3) is 16.3 Å². The summed E-state index contributed by atoms with van der Waals surface area (Å²) >= 11 is 1.55. The summed E-state index contributed by atoms with van der Waals surface area (Å²) in [5.74, 6) is 0. The zero-order chi connectivity index (χ0) is 16.9. The molecule has 0 unspecified atom stereocenters. The van der Waals surface area contributed by atoms with Crippen LogP contribution in [0.1, 0.15) is 0 Å². The second kappa shape index (κ2) is 7.15. The Morgan fingerprint density at radius 1 is 0.760 bits per heavy atom. The molecule has 1 N–H and O–H groups in total. The summed E-state index contributed by atoms with van der Waals surface area (Å²) in [6.07, 6.45) is 0. The van der Waals surface area contributed by atoms with E-state index in [9.17, 15) is 0 Å². The van der Waals surface area contributed by atoms with Gasteiger partial charge in [-0.15, -0.1) is 4.68 Å². The summed E-state index contributed by atoms with van der Waals surface area (Å²) in [6, 6.07) is 30.2. The summed E-state index contributed by atoms with van der Waals surface area (Å²) in [7, 11) is 0. The van der Waals surface area contributed by atoms with E-state index in [-0.39, 0.29) is 0 Å².